The fraction of sp³-hybridized carbons (Fsp3) is 0.529. The molecule has 22 heavy (non-hydrogen) atoms. The molecule has 0 saturated heterocycles. The molecule has 1 aromatic rings. The van der Waals surface area contributed by atoms with E-state index >= 15 is 0 Å². The molecule has 1 N–H and O–H groups in total. The minimum Gasteiger partial charge on any atom is -0.352 e. The first kappa shape index (κ1) is 16.8. The van der Waals surface area contributed by atoms with Crippen LogP contribution in [0.25, 0.3) is 0 Å². The molecule has 2 unspecified atom stereocenters. The lowest BCUT2D eigenvalue weighted by atomic mass is 10.1. The van der Waals surface area contributed by atoms with E-state index in [9.17, 15) is 9.59 Å². The Kier molecular flexibility index (Phi) is 5.46. The van der Waals surface area contributed by atoms with Crippen LogP contribution in [-0.2, 0) is 9.59 Å². The molecule has 120 valence electrons. The molecule has 1 aliphatic rings. The smallest absolute Gasteiger partial charge is 0.239 e. The number of carbonyl (C=O) groups excluding carboxylic acids is 2. The van der Waals surface area contributed by atoms with Gasteiger partial charge in [-0.1, -0.05) is 29.8 Å². The molecule has 2 atom stereocenters. The third-order valence-corrected chi connectivity index (χ3v) is 4.23. The quantitative estimate of drug-likeness (QED) is 0.875. The average molecular weight is 323 g/mol. The Morgan fingerprint density at radius 1 is 1.36 bits per heavy atom. The molecular weight excluding hydrogens is 300 g/mol. The predicted octanol–water partition coefficient (Wildman–Crippen LogP) is 2.82. The van der Waals surface area contributed by atoms with E-state index in [1.54, 1.807) is 4.90 Å². The van der Waals surface area contributed by atoms with Gasteiger partial charge in [-0.05, 0) is 44.7 Å². The van der Waals surface area contributed by atoms with Crippen molar-refractivity contribution >= 4 is 23.4 Å². The van der Waals surface area contributed by atoms with E-state index in [1.807, 2.05) is 45.0 Å². The SMILES string of the molecule is CCN(CC(=O)NC(C)C)C(=O)C1CC1c1ccccc1Cl. The van der Waals surface area contributed by atoms with Crippen LogP contribution in [-0.4, -0.2) is 35.8 Å². The highest BCUT2D eigenvalue weighted by Gasteiger charge is 2.46. The van der Waals surface area contributed by atoms with Crippen molar-refractivity contribution in [2.75, 3.05) is 13.1 Å². The Morgan fingerprint density at radius 2 is 2.05 bits per heavy atom. The van der Waals surface area contributed by atoms with Crippen molar-refractivity contribution in [3.8, 4) is 0 Å². The number of nitrogens with one attached hydrogen (secondary N) is 1. The molecule has 0 aromatic heterocycles. The fourth-order valence-electron chi connectivity index (χ4n) is 2.71. The number of carbonyl (C=O) groups is 2. The highest BCUT2D eigenvalue weighted by molar-refractivity contribution is 6.31. The van der Waals surface area contributed by atoms with Crippen molar-refractivity contribution in [3.63, 3.8) is 0 Å². The summed E-state index contributed by atoms with van der Waals surface area (Å²) in [5, 5.41) is 3.53. The Hall–Kier alpha value is -1.55. The minimum atomic E-state index is -0.111. The molecule has 2 amide bonds. The number of nitrogens with zero attached hydrogens (tertiary/aromatic N) is 1. The van der Waals surface area contributed by atoms with Crippen LogP contribution in [0.1, 0.15) is 38.7 Å². The van der Waals surface area contributed by atoms with Crippen molar-refractivity contribution in [2.45, 2.75) is 39.2 Å². The topological polar surface area (TPSA) is 49.4 Å². The number of rotatable bonds is 6. The van der Waals surface area contributed by atoms with Crippen LogP contribution >= 0.6 is 11.6 Å². The Labute approximate surface area is 136 Å². The van der Waals surface area contributed by atoms with Crippen molar-refractivity contribution in [2.24, 2.45) is 5.92 Å². The first-order valence-corrected chi connectivity index (χ1v) is 8.14. The van der Waals surface area contributed by atoms with Crippen molar-refractivity contribution in [3.05, 3.63) is 34.9 Å². The van der Waals surface area contributed by atoms with Crippen LogP contribution in [0.4, 0.5) is 0 Å². The number of halogens is 1. The van der Waals surface area contributed by atoms with Gasteiger partial charge in [-0.25, -0.2) is 0 Å². The normalized spacial score (nSPS) is 19.9. The van der Waals surface area contributed by atoms with Gasteiger partial charge in [-0.3, -0.25) is 9.59 Å². The molecule has 4 nitrogen and oxygen atoms in total. The summed E-state index contributed by atoms with van der Waals surface area (Å²) >= 11 is 6.20. The first-order chi connectivity index (χ1) is 10.4. The van der Waals surface area contributed by atoms with Crippen LogP contribution < -0.4 is 5.32 Å². The summed E-state index contributed by atoms with van der Waals surface area (Å²) in [7, 11) is 0. The number of benzene rings is 1. The molecule has 0 spiro atoms. The Balaban J connectivity index is 1.96. The maximum atomic E-state index is 12.6. The summed E-state index contributed by atoms with van der Waals surface area (Å²) in [6.07, 6.45) is 0.810. The molecular formula is C17H23ClN2O2. The van der Waals surface area contributed by atoms with Crippen LogP contribution in [0.3, 0.4) is 0 Å². The van der Waals surface area contributed by atoms with Crippen LogP contribution in [0.5, 0.6) is 0 Å². The van der Waals surface area contributed by atoms with E-state index in [0.717, 1.165) is 12.0 Å². The highest BCUT2D eigenvalue weighted by atomic mass is 35.5. The largest absolute Gasteiger partial charge is 0.352 e. The Morgan fingerprint density at radius 3 is 2.64 bits per heavy atom. The van der Waals surface area contributed by atoms with E-state index in [1.165, 1.54) is 0 Å². The lowest BCUT2D eigenvalue weighted by molar-refractivity contribution is -0.137. The molecule has 0 aliphatic heterocycles. The second-order valence-corrected chi connectivity index (χ2v) is 6.45. The monoisotopic (exact) mass is 322 g/mol. The van der Waals surface area contributed by atoms with Gasteiger partial charge in [-0.2, -0.15) is 0 Å². The highest BCUT2D eigenvalue weighted by Crippen LogP contribution is 2.50. The van der Waals surface area contributed by atoms with E-state index in [-0.39, 0.29) is 36.2 Å². The van der Waals surface area contributed by atoms with Gasteiger partial charge in [0.25, 0.3) is 0 Å². The Bertz CT molecular complexity index is 559. The lowest BCUT2D eigenvalue weighted by Gasteiger charge is -2.21. The number of hydrogen-bond acceptors (Lipinski definition) is 2. The zero-order valence-corrected chi connectivity index (χ0v) is 14.1. The summed E-state index contributed by atoms with van der Waals surface area (Å²) in [6.45, 7) is 6.37. The minimum absolute atomic E-state index is 0.0475. The van der Waals surface area contributed by atoms with Gasteiger partial charge in [0.05, 0.1) is 6.54 Å². The second-order valence-electron chi connectivity index (χ2n) is 6.04. The van der Waals surface area contributed by atoms with E-state index in [2.05, 4.69) is 5.32 Å². The maximum absolute atomic E-state index is 12.6. The lowest BCUT2D eigenvalue weighted by Crippen LogP contribution is -2.43. The van der Waals surface area contributed by atoms with Gasteiger partial charge in [0.2, 0.25) is 11.8 Å². The summed E-state index contributed by atoms with van der Waals surface area (Å²) in [5.41, 5.74) is 1.03. The molecule has 5 heteroatoms. The summed E-state index contributed by atoms with van der Waals surface area (Å²) in [6, 6.07) is 7.74. The summed E-state index contributed by atoms with van der Waals surface area (Å²) in [5.74, 6) is 0.0709. The van der Waals surface area contributed by atoms with Gasteiger partial charge in [0.1, 0.15) is 0 Å². The van der Waals surface area contributed by atoms with Gasteiger partial charge in [0.15, 0.2) is 0 Å². The second kappa shape index (κ2) is 7.14. The van der Waals surface area contributed by atoms with E-state index in [0.29, 0.717) is 11.6 Å². The third-order valence-electron chi connectivity index (χ3n) is 3.89. The summed E-state index contributed by atoms with van der Waals surface area (Å²) in [4.78, 5) is 26.0. The predicted molar refractivity (Wildman–Crippen MR) is 87.8 cm³/mol. The number of likely N-dealkylation sites (N-methyl/N-ethyl adjacent to an activating group) is 1. The molecule has 1 saturated carbocycles. The number of amides is 2. The zero-order chi connectivity index (χ0) is 16.3. The van der Waals surface area contributed by atoms with Crippen molar-refractivity contribution < 1.29 is 9.59 Å². The average Bonchev–Trinajstić information content (AvgIpc) is 3.24. The van der Waals surface area contributed by atoms with Crippen molar-refractivity contribution in [1.82, 2.24) is 10.2 Å². The van der Waals surface area contributed by atoms with Gasteiger partial charge >= 0.3 is 0 Å². The van der Waals surface area contributed by atoms with Crippen LogP contribution in [0.2, 0.25) is 5.02 Å². The molecule has 1 aromatic carbocycles. The standard InChI is InChI=1S/C17H23ClN2O2/c1-4-20(10-16(21)19-11(2)3)17(22)14-9-13(14)12-7-5-6-8-15(12)18/h5-8,11,13-14H,4,9-10H2,1-3H3,(H,19,21). The maximum Gasteiger partial charge on any atom is 0.239 e. The van der Waals surface area contributed by atoms with Gasteiger partial charge < -0.3 is 10.2 Å². The summed E-state index contributed by atoms with van der Waals surface area (Å²) < 4.78 is 0. The van der Waals surface area contributed by atoms with Crippen LogP contribution in [0, 0.1) is 5.92 Å². The third kappa shape index (κ3) is 4.01. The fourth-order valence-corrected chi connectivity index (χ4v) is 2.98. The molecule has 0 radical (unpaired) electrons. The van der Waals surface area contributed by atoms with Crippen molar-refractivity contribution in [1.29, 1.82) is 0 Å². The zero-order valence-electron chi connectivity index (χ0n) is 13.3. The van der Waals surface area contributed by atoms with E-state index in [4.69, 9.17) is 11.6 Å². The number of hydrogen-bond donors (Lipinski definition) is 1. The molecule has 1 fully saturated rings. The first-order valence-electron chi connectivity index (χ1n) is 7.76. The molecule has 1 aliphatic carbocycles. The van der Waals surface area contributed by atoms with Gasteiger partial charge in [-0.15, -0.1) is 0 Å². The van der Waals surface area contributed by atoms with Crippen LogP contribution in [0.15, 0.2) is 24.3 Å². The van der Waals surface area contributed by atoms with E-state index < -0.39 is 0 Å². The molecule has 0 bridgehead atoms. The van der Waals surface area contributed by atoms with Gasteiger partial charge in [0, 0.05) is 23.5 Å². The molecule has 0 heterocycles. The molecule has 2 rings (SSSR count).